The predicted octanol–water partition coefficient (Wildman–Crippen LogP) is 5.31. The van der Waals surface area contributed by atoms with Crippen LogP contribution in [-0.4, -0.2) is 30.6 Å². The molecule has 0 heterocycles. The van der Waals surface area contributed by atoms with Crippen molar-refractivity contribution in [2.75, 3.05) is 19.8 Å². The number of benzene rings is 1. The molecule has 1 amide bonds. The highest BCUT2D eigenvalue weighted by atomic mass is 31.2. The zero-order chi connectivity index (χ0) is 19.4. The molecule has 0 fully saturated rings. The van der Waals surface area contributed by atoms with Gasteiger partial charge in [0.25, 0.3) is 0 Å². The Morgan fingerprint density at radius 2 is 1.65 bits per heavy atom. The molecule has 7 heteroatoms. The molecule has 1 aromatic rings. The fraction of sp³-hybridized carbons (Fsp3) is 0.632. The Balaban J connectivity index is 3.23. The molecule has 0 saturated heterocycles. The predicted molar refractivity (Wildman–Crippen MR) is 103 cm³/mol. The molecule has 0 aliphatic rings. The molecule has 0 spiro atoms. The molecule has 0 radical (unpaired) electrons. The van der Waals surface area contributed by atoms with Crippen LogP contribution < -0.4 is 0 Å². The topological polar surface area (TPSA) is 65.1 Å². The summed E-state index contributed by atoms with van der Waals surface area (Å²) in [5, 5.41) is 0. The molecular weight excluding hydrogens is 353 g/mol. The Kier molecular flexibility index (Phi) is 10.7. The molecule has 0 N–H and O–H groups in total. The third-order valence-corrected chi connectivity index (χ3v) is 5.31. The van der Waals surface area contributed by atoms with Gasteiger partial charge in [0.05, 0.1) is 13.2 Å². The molecule has 1 aromatic carbocycles. The third-order valence-electron chi connectivity index (χ3n) is 3.71. The van der Waals surface area contributed by atoms with E-state index in [0.29, 0.717) is 13.0 Å². The molecule has 0 aliphatic carbocycles. The first-order valence-electron chi connectivity index (χ1n) is 9.43. The highest BCUT2D eigenvalue weighted by molar-refractivity contribution is 7.48. The van der Waals surface area contributed by atoms with Gasteiger partial charge in [0.15, 0.2) is 6.23 Å². The summed E-state index contributed by atoms with van der Waals surface area (Å²) in [6, 6.07) is 9.31. The Labute approximate surface area is 157 Å². The Morgan fingerprint density at radius 1 is 1.04 bits per heavy atom. The van der Waals surface area contributed by atoms with Gasteiger partial charge in [0, 0.05) is 18.5 Å². The normalized spacial score (nSPS) is 12.8. The minimum Gasteiger partial charge on any atom is -0.312 e. The van der Waals surface area contributed by atoms with Crippen molar-refractivity contribution in [1.29, 1.82) is 0 Å². The van der Waals surface area contributed by atoms with E-state index in [-0.39, 0.29) is 19.1 Å². The lowest BCUT2D eigenvalue weighted by Gasteiger charge is -2.33. The van der Waals surface area contributed by atoms with Crippen LogP contribution in [0.1, 0.15) is 65.2 Å². The third kappa shape index (κ3) is 7.20. The van der Waals surface area contributed by atoms with Gasteiger partial charge in [-0.3, -0.25) is 18.4 Å². The van der Waals surface area contributed by atoms with Gasteiger partial charge >= 0.3 is 7.82 Å². The van der Waals surface area contributed by atoms with Crippen molar-refractivity contribution in [2.45, 2.75) is 59.6 Å². The van der Waals surface area contributed by atoms with Crippen molar-refractivity contribution in [3.63, 3.8) is 0 Å². The fourth-order valence-corrected chi connectivity index (χ4v) is 3.82. The zero-order valence-electron chi connectivity index (χ0n) is 16.3. The number of phosphoric ester groups is 1. The van der Waals surface area contributed by atoms with E-state index in [1.165, 1.54) is 0 Å². The Hall–Kier alpha value is -1.20. The molecular formula is C19H32NO5P. The van der Waals surface area contributed by atoms with Crippen molar-refractivity contribution >= 4 is 13.7 Å². The molecule has 0 aromatic heterocycles. The van der Waals surface area contributed by atoms with Crippen molar-refractivity contribution in [2.24, 2.45) is 0 Å². The molecule has 1 rings (SSSR count). The summed E-state index contributed by atoms with van der Waals surface area (Å²) in [6.45, 7) is 8.37. The second kappa shape index (κ2) is 12.2. The van der Waals surface area contributed by atoms with E-state index in [9.17, 15) is 9.36 Å². The lowest BCUT2D eigenvalue weighted by Crippen LogP contribution is -2.37. The van der Waals surface area contributed by atoms with Crippen LogP contribution in [0.5, 0.6) is 0 Å². The number of rotatable bonds is 13. The number of carbonyl (C=O) groups excluding carboxylic acids is 1. The first-order valence-corrected chi connectivity index (χ1v) is 10.9. The molecule has 1 unspecified atom stereocenters. The monoisotopic (exact) mass is 385 g/mol. The standard InChI is InChI=1S/C19H32NO5P/c1-5-9-16-20(18(21)13-6-2)19(17-14-11-10-12-15-17)25-26(22,23-7-3)24-8-4/h10-12,14-15,19H,5-9,13,16H2,1-4H3. The quantitative estimate of drug-likeness (QED) is 0.340. The van der Waals surface area contributed by atoms with E-state index in [1.807, 2.05) is 37.3 Å². The second-order valence-electron chi connectivity index (χ2n) is 5.84. The number of unbranched alkanes of at least 4 members (excludes halogenated alkanes) is 1. The lowest BCUT2D eigenvalue weighted by molar-refractivity contribution is -0.141. The maximum Gasteiger partial charge on any atom is 0.476 e. The summed E-state index contributed by atoms with van der Waals surface area (Å²) in [5.74, 6) is -0.0330. The van der Waals surface area contributed by atoms with Crippen LogP contribution >= 0.6 is 7.82 Å². The summed E-state index contributed by atoms with van der Waals surface area (Å²) >= 11 is 0. The van der Waals surface area contributed by atoms with Crippen molar-refractivity contribution < 1.29 is 22.9 Å². The average Bonchev–Trinajstić information content (AvgIpc) is 2.62. The van der Waals surface area contributed by atoms with Crippen LogP contribution in [0.25, 0.3) is 0 Å². The zero-order valence-corrected chi connectivity index (χ0v) is 17.2. The number of hydrogen-bond donors (Lipinski definition) is 0. The SMILES string of the molecule is CCCCN(C(=O)CCC)C(OP(=O)(OCC)OCC)c1ccccc1. The van der Waals surface area contributed by atoms with Crippen LogP contribution in [0.3, 0.4) is 0 Å². The van der Waals surface area contributed by atoms with Crippen molar-refractivity contribution in [1.82, 2.24) is 4.90 Å². The fourth-order valence-electron chi connectivity index (χ4n) is 2.51. The average molecular weight is 385 g/mol. The van der Waals surface area contributed by atoms with Gasteiger partial charge in [0.2, 0.25) is 5.91 Å². The van der Waals surface area contributed by atoms with Crippen molar-refractivity contribution in [3.8, 4) is 0 Å². The summed E-state index contributed by atoms with van der Waals surface area (Å²) in [4.78, 5) is 14.4. The van der Waals surface area contributed by atoms with Gasteiger partial charge in [-0.05, 0) is 26.7 Å². The van der Waals surface area contributed by atoms with E-state index in [4.69, 9.17) is 13.6 Å². The largest absolute Gasteiger partial charge is 0.476 e. The van der Waals surface area contributed by atoms with Crippen LogP contribution in [0, 0.1) is 0 Å². The highest BCUT2D eigenvalue weighted by Crippen LogP contribution is 2.53. The van der Waals surface area contributed by atoms with Gasteiger partial charge in [-0.1, -0.05) is 50.6 Å². The van der Waals surface area contributed by atoms with Gasteiger partial charge in [0.1, 0.15) is 0 Å². The summed E-state index contributed by atoms with van der Waals surface area (Å²) < 4.78 is 29.4. The Morgan fingerprint density at radius 3 is 2.15 bits per heavy atom. The lowest BCUT2D eigenvalue weighted by atomic mass is 10.1. The molecule has 6 nitrogen and oxygen atoms in total. The van der Waals surface area contributed by atoms with Crippen LogP contribution in [0.4, 0.5) is 0 Å². The van der Waals surface area contributed by atoms with Crippen LogP contribution in [0.2, 0.25) is 0 Å². The Bertz CT molecular complexity index is 556. The van der Waals surface area contributed by atoms with E-state index in [1.54, 1.807) is 18.7 Å². The number of carbonyl (C=O) groups is 1. The molecule has 0 bridgehead atoms. The molecule has 148 valence electrons. The van der Waals surface area contributed by atoms with Gasteiger partial charge < -0.3 is 4.90 Å². The minimum absolute atomic E-state index is 0.0330. The molecule has 26 heavy (non-hydrogen) atoms. The van der Waals surface area contributed by atoms with Crippen LogP contribution in [0.15, 0.2) is 30.3 Å². The number of nitrogens with zero attached hydrogens (tertiary/aromatic N) is 1. The summed E-state index contributed by atoms with van der Waals surface area (Å²) in [7, 11) is -3.78. The van der Waals surface area contributed by atoms with E-state index in [0.717, 1.165) is 24.8 Å². The molecule has 0 aliphatic heterocycles. The number of hydrogen-bond acceptors (Lipinski definition) is 5. The van der Waals surface area contributed by atoms with E-state index >= 15 is 0 Å². The number of amides is 1. The summed E-state index contributed by atoms with van der Waals surface area (Å²) in [5.41, 5.74) is 0.743. The second-order valence-corrected chi connectivity index (χ2v) is 7.46. The molecule has 0 saturated carbocycles. The van der Waals surface area contributed by atoms with Crippen LogP contribution in [-0.2, 0) is 22.9 Å². The van der Waals surface area contributed by atoms with E-state index < -0.39 is 14.1 Å². The first-order chi connectivity index (χ1) is 12.5. The smallest absolute Gasteiger partial charge is 0.312 e. The highest BCUT2D eigenvalue weighted by Gasteiger charge is 2.35. The van der Waals surface area contributed by atoms with E-state index in [2.05, 4.69) is 6.92 Å². The van der Waals surface area contributed by atoms with Gasteiger partial charge in [-0.15, -0.1) is 0 Å². The first kappa shape index (κ1) is 22.8. The summed E-state index contributed by atoms with van der Waals surface area (Å²) in [6.07, 6.45) is 2.09. The van der Waals surface area contributed by atoms with Gasteiger partial charge in [-0.2, -0.15) is 0 Å². The van der Waals surface area contributed by atoms with Gasteiger partial charge in [-0.25, -0.2) is 4.57 Å². The number of phosphoric acid groups is 1. The maximum atomic E-state index is 13.0. The maximum absolute atomic E-state index is 13.0. The minimum atomic E-state index is -3.78. The molecule has 1 atom stereocenters. The van der Waals surface area contributed by atoms with Crippen molar-refractivity contribution in [3.05, 3.63) is 35.9 Å².